The fraction of sp³-hybridized carbons (Fsp3) is 0.773. The second-order valence-corrected chi connectivity index (χ2v) is 9.47. The third kappa shape index (κ3) is 2.04. The summed E-state index contributed by atoms with van der Waals surface area (Å²) in [6.07, 6.45) is 12.7. The SMILES string of the molecule is CC12CCC3C(CC=C4CC5(CCC43C)OCCO5)C1CC=C2C#N. The van der Waals surface area contributed by atoms with Crippen LogP contribution in [0.2, 0.25) is 0 Å². The molecule has 5 unspecified atom stereocenters. The van der Waals surface area contributed by atoms with Crippen LogP contribution in [0.3, 0.4) is 0 Å². The monoisotopic (exact) mass is 339 g/mol. The molecule has 1 spiro atoms. The van der Waals surface area contributed by atoms with E-state index in [0.717, 1.165) is 49.9 Å². The molecule has 1 saturated heterocycles. The minimum atomic E-state index is -0.315. The average molecular weight is 339 g/mol. The van der Waals surface area contributed by atoms with Gasteiger partial charge in [0.25, 0.3) is 0 Å². The molecular weight excluding hydrogens is 310 g/mol. The van der Waals surface area contributed by atoms with E-state index in [2.05, 4.69) is 32.1 Å². The Morgan fingerprint density at radius 3 is 2.56 bits per heavy atom. The van der Waals surface area contributed by atoms with Crippen molar-refractivity contribution in [2.24, 2.45) is 28.6 Å². The zero-order valence-corrected chi connectivity index (χ0v) is 15.5. The van der Waals surface area contributed by atoms with Crippen LogP contribution in [-0.4, -0.2) is 19.0 Å². The Kier molecular flexibility index (Phi) is 3.35. The lowest BCUT2D eigenvalue weighted by molar-refractivity contribution is -0.184. The molecule has 5 atom stereocenters. The van der Waals surface area contributed by atoms with E-state index >= 15 is 0 Å². The molecule has 25 heavy (non-hydrogen) atoms. The molecule has 0 aromatic carbocycles. The van der Waals surface area contributed by atoms with Gasteiger partial charge in [-0.2, -0.15) is 5.26 Å². The van der Waals surface area contributed by atoms with Gasteiger partial charge in [0.05, 0.1) is 19.3 Å². The van der Waals surface area contributed by atoms with E-state index in [-0.39, 0.29) is 11.2 Å². The highest BCUT2D eigenvalue weighted by Gasteiger charge is 2.58. The number of nitrogens with zero attached hydrogens (tertiary/aromatic N) is 1. The molecule has 5 aliphatic rings. The lowest BCUT2D eigenvalue weighted by atomic mass is 9.47. The summed E-state index contributed by atoms with van der Waals surface area (Å²) >= 11 is 0. The molecule has 0 bridgehead atoms. The molecule has 3 heteroatoms. The Hall–Kier alpha value is -1.11. The van der Waals surface area contributed by atoms with Crippen LogP contribution in [0, 0.1) is 39.9 Å². The first kappa shape index (κ1) is 16.1. The van der Waals surface area contributed by atoms with Crippen molar-refractivity contribution in [3.8, 4) is 6.07 Å². The number of allylic oxidation sites excluding steroid dienone is 3. The minimum Gasteiger partial charge on any atom is -0.347 e. The zero-order chi connectivity index (χ0) is 17.3. The Labute approximate surface area is 151 Å². The van der Waals surface area contributed by atoms with Gasteiger partial charge in [0.2, 0.25) is 0 Å². The van der Waals surface area contributed by atoms with Crippen LogP contribution < -0.4 is 0 Å². The van der Waals surface area contributed by atoms with Crippen LogP contribution in [0.5, 0.6) is 0 Å². The number of hydrogen-bond acceptors (Lipinski definition) is 3. The molecule has 0 aromatic heterocycles. The van der Waals surface area contributed by atoms with Crippen molar-refractivity contribution >= 4 is 0 Å². The van der Waals surface area contributed by atoms with Gasteiger partial charge in [0, 0.05) is 23.8 Å². The summed E-state index contributed by atoms with van der Waals surface area (Å²) in [6, 6.07) is 2.51. The first-order valence-corrected chi connectivity index (χ1v) is 10.1. The van der Waals surface area contributed by atoms with Gasteiger partial charge in [0.15, 0.2) is 5.79 Å². The van der Waals surface area contributed by atoms with Crippen LogP contribution >= 0.6 is 0 Å². The summed E-state index contributed by atoms with van der Waals surface area (Å²) in [6.45, 7) is 6.36. The van der Waals surface area contributed by atoms with E-state index in [0.29, 0.717) is 11.3 Å². The van der Waals surface area contributed by atoms with Gasteiger partial charge in [-0.15, -0.1) is 0 Å². The van der Waals surface area contributed by atoms with Gasteiger partial charge in [-0.25, -0.2) is 0 Å². The maximum atomic E-state index is 9.56. The smallest absolute Gasteiger partial charge is 0.172 e. The van der Waals surface area contributed by atoms with E-state index in [1.54, 1.807) is 5.57 Å². The number of hydrogen-bond donors (Lipinski definition) is 0. The predicted molar refractivity (Wildman–Crippen MR) is 95.4 cm³/mol. The number of rotatable bonds is 0. The lowest BCUT2D eigenvalue weighted by Gasteiger charge is -2.58. The molecule has 0 N–H and O–H groups in total. The van der Waals surface area contributed by atoms with Gasteiger partial charge < -0.3 is 9.47 Å². The van der Waals surface area contributed by atoms with Crippen molar-refractivity contribution in [2.45, 2.75) is 64.6 Å². The molecule has 2 saturated carbocycles. The molecule has 1 heterocycles. The maximum absolute atomic E-state index is 9.56. The first-order valence-electron chi connectivity index (χ1n) is 10.1. The van der Waals surface area contributed by atoms with Gasteiger partial charge in [-0.1, -0.05) is 31.6 Å². The van der Waals surface area contributed by atoms with E-state index in [1.165, 1.54) is 25.7 Å². The normalized spacial score (nSPS) is 47.3. The standard InChI is InChI=1S/C22H29NO2/c1-20-8-7-19-17(18(20)6-4-16(20)14-23)5-3-15-13-22(24-11-12-25-22)10-9-21(15,19)2/h3-4,17-19H,5-13H2,1-2H3. The summed E-state index contributed by atoms with van der Waals surface area (Å²) in [5.74, 6) is 1.83. The Morgan fingerprint density at radius 2 is 1.80 bits per heavy atom. The van der Waals surface area contributed by atoms with Crippen LogP contribution in [0.4, 0.5) is 0 Å². The third-order valence-electron chi connectivity index (χ3n) is 8.63. The van der Waals surface area contributed by atoms with Crippen molar-refractivity contribution in [1.82, 2.24) is 0 Å². The fourth-order valence-electron chi connectivity index (χ4n) is 7.09. The summed E-state index contributed by atoms with van der Waals surface area (Å²) in [5.41, 5.74) is 3.09. The topological polar surface area (TPSA) is 42.2 Å². The molecule has 5 rings (SSSR count). The van der Waals surface area contributed by atoms with E-state index < -0.39 is 0 Å². The summed E-state index contributed by atoms with van der Waals surface area (Å²) < 4.78 is 12.0. The first-order chi connectivity index (χ1) is 12.0. The van der Waals surface area contributed by atoms with Crippen LogP contribution in [0.25, 0.3) is 0 Å². The van der Waals surface area contributed by atoms with Crippen LogP contribution in [0.15, 0.2) is 23.3 Å². The van der Waals surface area contributed by atoms with Gasteiger partial charge in [-0.05, 0) is 55.3 Å². The number of nitriles is 1. The molecule has 1 aliphatic heterocycles. The molecule has 0 amide bonds. The van der Waals surface area contributed by atoms with Gasteiger partial charge in [-0.3, -0.25) is 0 Å². The minimum absolute atomic E-state index is 0.130. The second-order valence-electron chi connectivity index (χ2n) is 9.47. The van der Waals surface area contributed by atoms with Crippen molar-refractivity contribution in [3.05, 3.63) is 23.3 Å². The highest BCUT2D eigenvalue weighted by Crippen LogP contribution is 2.65. The Morgan fingerprint density at radius 1 is 1.00 bits per heavy atom. The predicted octanol–water partition coefficient (Wildman–Crippen LogP) is 4.75. The number of ether oxygens (including phenoxy) is 2. The fourth-order valence-corrected chi connectivity index (χ4v) is 7.09. The van der Waals surface area contributed by atoms with Crippen molar-refractivity contribution < 1.29 is 9.47 Å². The Balaban J connectivity index is 1.46. The van der Waals surface area contributed by atoms with Crippen LogP contribution in [0.1, 0.15) is 58.8 Å². The van der Waals surface area contributed by atoms with E-state index in [1.807, 2.05) is 0 Å². The quantitative estimate of drug-likeness (QED) is 0.598. The molecule has 0 radical (unpaired) electrons. The summed E-state index contributed by atoms with van der Waals surface area (Å²) in [5, 5.41) is 9.56. The Bertz CT molecular complexity index is 695. The molecule has 134 valence electrons. The molecule has 3 nitrogen and oxygen atoms in total. The van der Waals surface area contributed by atoms with Crippen molar-refractivity contribution in [3.63, 3.8) is 0 Å². The third-order valence-corrected chi connectivity index (χ3v) is 8.63. The lowest BCUT2D eigenvalue weighted by Crippen LogP contribution is -2.52. The van der Waals surface area contributed by atoms with Gasteiger partial charge in [0.1, 0.15) is 0 Å². The highest BCUT2D eigenvalue weighted by molar-refractivity contribution is 5.37. The van der Waals surface area contributed by atoms with E-state index in [4.69, 9.17) is 9.47 Å². The summed E-state index contributed by atoms with van der Waals surface area (Å²) in [4.78, 5) is 0. The van der Waals surface area contributed by atoms with Crippen molar-refractivity contribution in [1.29, 1.82) is 5.26 Å². The number of fused-ring (bicyclic) bond motifs is 5. The molecule has 4 aliphatic carbocycles. The maximum Gasteiger partial charge on any atom is 0.172 e. The second kappa shape index (κ2) is 5.21. The van der Waals surface area contributed by atoms with Crippen molar-refractivity contribution in [2.75, 3.05) is 13.2 Å². The van der Waals surface area contributed by atoms with Crippen LogP contribution in [-0.2, 0) is 9.47 Å². The summed E-state index contributed by atoms with van der Waals surface area (Å²) in [7, 11) is 0. The molecule has 3 fully saturated rings. The van der Waals surface area contributed by atoms with E-state index in [9.17, 15) is 5.26 Å². The zero-order valence-electron chi connectivity index (χ0n) is 15.5. The molecular formula is C22H29NO2. The molecule has 0 aromatic rings. The highest BCUT2D eigenvalue weighted by atomic mass is 16.7. The largest absolute Gasteiger partial charge is 0.347 e. The average Bonchev–Trinajstić information content (AvgIpc) is 3.19. The van der Waals surface area contributed by atoms with Gasteiger partial charge >= 0.3 is 0 Å².